The molecule has 1 heterocycles. The molecule has 0 spiro atoms. The fraction of sp³-hybridized carbons (Fsp3) is 0.500. The summed E-state index contributed by atoms with van der Waals surface area (Å²) in [7, 11) is -3.64. The average molecular weight is 216 g/mol. The Kier molecular flexibility index (Phi) is 2.34. The van der Waals surface area contributed by atoms with Gasteiger partial charge in [0.15, 0.2) is 0 Å². The van der Waals surface area contributed by atoms with Crippen molar-refractivity contribution in [2.75, 3.05) is 0 Å². The van der Waals surface area contributed by atoms with Crippen LogP contribution in [0.3, 0.4) is 0 Å². The fourth-order valence-electron chi connectivity index (χ4n) is 1.81. The van der Waals surface area contributed by atoms with Crippen LogP contribution in [0.1, 0.15) is 30.2 Å². The van der Waals surface area contributed by atoms with Crippen LogP contribution >= 0.6 is 0 Å². The first kappa shape index (κ1) is 9.70. The number of nitrogens with one attached hydrogen (secondary N) is 1. The average Bonchev–Trinajstić information content (AvgIpc) is 2.49. The minimum absolute atomic E-state index is 0.229. The highest BCUT2D eigenvalue weighted by atomic mass is 32.2. The second-order valence-electron chi connectivity index (χ2n) is 3.41. The van der Waals surface area contributed by atoms with E-state index < -0.39 is 10.2 Å². The van der Waals surface area contributed by atoms with Gasteiger partial charge in [0.25, 0.3) is 10.2 Å². The summed E-state index contributed by atoms with van der Waals surface area (Å²) in [5, 5.41) is 4.92. The molecule has 0 radical (unpaired) electrons. The molecule has 5 nitrogen and oxygen atoms in total. The van der Waals surface area contributed by atoms with Gasteiger partial charge in [0.1, 0.15) is 5.76 Å². The third-order valence-corrected chi connectivity index (χ3v) is 2.97. The van der Waals surface area contributed by atoms with E-state index in [1.807, 2.05) is 0 Å². The topological polar surface area (TPSA) is 85.3 Å². The standard InChI is InChI=1S/C8H12N2O3S/c9-14(11,12)10-7-2-1-3-8-6(7)4-5-13-8/h4-5,7,10H,1-3H2,(H2,9,11,12). The van der Waals surface area contributed by atoms with E-state index in [1.165, 1.54) is 0 Å². The van der Waals surface area contributed by atoms with Crippen LogP contribution in [-0.2, 0) is 16.6 Å². The number of nitrogens with two attached hydrogens (primary N) is 1. The molecule has 14 heavy (non-hydrogen) atoms. The summed E-state index contributed by atoms with van der Waals surface area (Å²) in [5.74, 6) is 0.859. The van der Waals surface area contributed by atoms with Gasteiger partial charge in [0.2, 0.25) is 0 Å². The first-order chi connectivity index (χ1) is 6.56. The zero-order chi connectivity index (χ0) is 10.2. The zero-order valence-corrected chi connectivity index (χ0v) is 8.38. The van der Waals surface area contributed by atoms with E-state index in [0.29, 0.717) is 0 Å². The number of rotatable bonds is 2. The largest absolute Gasteiger partial charge is 0.469 e. The van der Waals surface area contributed by atoms with Crippen molar-refractivity contribution in [3.05, 3.63) is 23.7 Å². The maximum Gasteiger partial charge on any atom is 0.274 e. The van der Waals surface area contributed by atoms with Gasteiger partial charge in [-0.05, 0) is 18.9 Å². The second-order valence-corrected chi connectivity index (χ2v) is 4.73. The van der Waals surface area contributed by atoms with E-state index in [1.54, 1.807) is 12.3 Å². The quantitative estimate of drug-likeness (QED) is 0.752. The molecule has 0 amide bonds. The van der Waals surface area contributed by atoms with Crippen molar-refractivity contribution in [2.24, 2.45) is 5.14 Å². The van der Waals surface area contributed by atoms with Gasteiger partial charge in [-0.25, -0.2) is 5.14 Å². The third kappa shape index (κ3) is 1.97. The smallest absolute Gasteiger partial charge is 0.274 e. The van der Waals surface area contributed by atoms with Crippen molar-refractivity contribution in [1.82, 2.24) is 4.72 Å². The zero-order valence-electron chi connectivity index (χ0n) is 7.56. The fourth-order valence-corrected chi connectivity index (χ4v) is 2.45. The molecule has 0 aromatic carbocycles. The van der Waals surface area contributed by atoms with Crippen LogP contribution in [0, 0.1) is 0 Å². The minimum atomic E-state index is -3.64. The minimum Gasteiger partial charge on any atom is -0.469 e. The van der Waals surface area contributed by atoms with Crippen LogP contribution in [0.15, 0.2) is 16.7 Å². The molecule has 0 bridgehead atoms. The third-order valence-electron chi connectivity index (χ3n) is 2.36. The van der Waals surface area contributed by atoms with Crippen molar-refractivity contribution >= 4 is 10.2 Å². The van der Waals surface area contributed by atoms with E-state index in [4.69, 9.17) is 9.56 Å². The second kappa shape index (κ2) is 3.38. The molecule has 1 aromatic heterocycles. The predicted octanol–water partition coefficient (Wildman–Crippen LogP) is 0.450. The van der Waals surface area contributed by atoms with Crippen molar-refractivity contribution in [3.8, 4) is 0 Å². The summed E-state index contributed by atoms with van der Waals surface area (Å²) in [5.41, 5.74) is 0.908. The number of fused-ring (bicyclic) bond motifs is 1. The van der Waals surface area contributed by atoms with Crippen molar-refractivity contribution in [3.63, 3.8) is 0 Å². The van der Waals surface area contributed by atoms with Gasteiger partial charge in [0.05, 0.1) is 12.3 Å². The molecule has 0 saturated heterocycles. The molecule has 0 aliphatic heterocycles. The molecule has 6 heteroatoms. The van der Waals surface area contributed by atoms with E-state index in [0.717, 1.165) is 30.6 Å². The number of aryl methyl sites for hydroxylation is 1. The van der Waals surface area contributed by atoms with Gasteiger partial charge in [-0.15, -0.1) is 0 Å². The lowest BCUT2D eigenvalue weighted by Crippen LogP contribution is -2.35. The summed E-state index contributed by atoms with van der Waals surface area (Å²) in [4.78, 5) is 0. The lowest BCUT2D eigenvalue weighted by molar-refractivity contribution is 0.438. The van der Waals surface area contributed by atoms with Gasteiger partial charge >= 0.3 is 0 Å². The van der Waals surface area contributed by atoms with Gasteiger partial charge in [0, 0.05) is 12.0 Å². The highest BCUT2D eigenvalue weighted by Crippen LogP contribution is 2.30. The Morgan fingerprint density at radius 2 is 2.36 bits per heavy atom. The summed E-state index contributed by atoms with van der Waals surface area (Å²) in [6, 6.07) is 1.56. The molecule has 0 fully saturated rings. The molecular weight excluding hydrogens is 204 g/mol. The summed E-state index contributed by atoms with van der Waals surface area (Å²) in [6.45, 7) is 0. The number of hydrogen-bond donors (Lipinski definition) is 2. The van der Waals surface area contributed by atoms with E-state index >= 15 is 0 Å². The van der Waals surface area contributed by atoms with Crippen LogP contribution < -0.4 is 9.86 Å². The molecule has 1 aromatic rings. The van der Waals surface area contributed by atoms with Crippen LogP contribution in [-0.4, -0.2) is 8.42 Å². The molecule has 0 saturated carbocycles. The Bertz CT molecular complexity index is 424. The van der Waals surface area contributed by atoms with Gasteiger partial charge in [-0.1, -0.05) is 0 Å². The first-order valence-electron chi connectivity index (χ1n) is 4.42. The monoisotopic (exact) mass is 216 g/mol. The lowest BCUT2D eigenvalue weighted by Gasteiger charge is -2.21. The van der Waals surface area contributed by atoms with Crippen LogP contribution in [0.4, 0.5) is 0 Å². The van der Waals surface area contributed by atoms with Crippen LogP contribution in [0.2, 0.25) is 0 Å². The summed E-state index contributed by atoms with van der Waals surface area (Å²) < 4.78 is 29.3. The van der Waals surface area contributed by atoms with E-state index in [-0.39, 0.29) is 6.04 Å². The Morgan fingerprint density at radius 3 is 3.07 bits per heavy atom. The van der Waals surface area contributed by atoms with Crippen molar-refractivity contribution in [2.45, 2.75) is 25.3 Å². The van der Waals surface area contributed by atoms with Crippen LogP contribution in [0.5, 0.6) is 0 Å². The summed E-state index contributed by atoms with van der Waals surface area (Å²) in [6.07, 6.45) is 4.12. The molecule has 1 aliphatic carbocycles. The highest BCUT2D eigenvalue weighted by Gasteiger charge is 2.24. The number of furan rings is 1. The van der Waals surface area contributed by atoms with Gasteiger partial charge in [-0.3, -0.25) is 0 Å². The van der Waals surface area contributed by atoms with E-state index in [2.05, 4.69) is 4.72 Å². The van der Waals surface area contributed by atoms with Crippen LogP contribution in [0.25, 0.3) is 0 Å². The molecule has 1 aliphatic rings. The Morgan fingerprint density at radius 1 is 1.57 bits per heavy atom. The first-order valence-corrected chi connectivity index (χ1v) is 5.97. The lowest BCUT2D eigenvalue weighted by atomic mass is 9.94. The Balaban J connectivity index is 2.25. The molecule has 78 valence electrons. The van der Waals surface area contributed by atoms with Gasteiger partial charge in [-0.2, -0.15) is 13.1 Å². The summed E-state index contributed by atoms with van der Waals surface area (Å²) >= 11 is 0. The maximum atomic E-state index is 10.9. The molecule has 1 atom stereocenters. The highest BCUT2D eigenvalue weighted by molar-refractivity contribution is 7.87. The predicted molar refractivity (Wildman–Crippen MR) is 50.6 cm³/mol. The molecule has 2 rings (SSSR count). The SMILES string of the molecule is NS(=O)(=O)NC1CCCc2occc21. The molecule has 3 N–H and O–H groups in total. The van der Waals surface area contributed by atoms with Crippen molar-refractivity contribution in [1.29, 1.82) is 0 Å². The van der Waals surface area contributed by atoms with Crippen molar-refractivity contribution < 1.29 is 12.8 Å². The van der Waals surface area contributed by atoms with E-state index in [9.17, 15) is 8.42 Å². The Labute approximate surface area is 82.5 Å². The normalized spacial score (nSPS) is 21.9. The number of hydrogen-bond acceptors (Lipinski definition) is 3. The molecular formula is C8H12N2O3S. The Hall–Kier alpha value is -0.850. The van der Waals surface area contributed by atoms with Gasteiger partial charge < -0.3 is 4.42 Å². The molecule has 1 unspecified atom stereocenters. The maximum absolute atomic E-state index is 10.9.